The van der Waals surface area contributed by atoms with Gasteiger partial charge in [0.15, 0.2) is 0 Å². The number of benzene rings is 1. The van der Waals surface area contributed by atoms with Gasteiger partial charge in [-0.15, -0.1) is 0 Å². The number of nitrogens with one attached hydrogen (secondary N) is 1. The molecule has 0 unspecified atom stereocenters. The lowest BCUT2D eigenvalue weighted by Crippen LogP contribution is -1.97. The van der Waals surface area contributed by atoms with Crippen LogP contribution in [0.25, 0.3) is 0 Å². The Hall–Kier alpha value is -2.92. The van der Waals surface area contributed by atoms with Gasteiger partial charge in [0.05, 0.1) is 11.3 Å². The maximum atomic E-state index is 13.3. The molecule has 0 spiro atoms. The quantitative estimate of drug-likeness (QED) is 0.872. The molecule has 0 atom stereocenters. The van der Waals surface area contributed by atoms with E-state index in [2.05, 4.69) is 10.3 Å². The van der Waals surface area contributed by atoms with Crippen molar-refractivity contribution in [2.75, 3.05) is 5.32 Å². The summed E-state index contributed by atoms with van der Waals surface area (Å²) in [6.07, 6.45) is 1.40. The van der Waals surface area contributed by atoms with Gasteiger partial charge >= 0.3 is 0 Å². The van der Waals surface area contributed by atoms with E-state index in [1.807, 2.05) is 6.07 Å². The number of pyridine rings is 1. The highest BCUT2D eigenvalue weighted by atomic mass is 19.1. The molecule has 5 heteroatoms. The summed E-state index contributed by atoms with van der Waals surface area (Å²) in [4.78, 5) is 3.98. The van der Waals surface area contributed by atoms with Gasteiger partial charge in [-0.2, -0.15) is 10.5 Å². The molecule has 0 aliphatic carbocycles. The predicted molar refractivity (Wildman–Crippen MR) is 63.3 cm³/mol. The van der Waals surface area contributed by atoms with Crippen LogP contribution in [-0.4, -0.2) is 4.98 Å². The largest absolute Gasteiger partial charge is 0.339 e. The van der Waals surface area contributed by atoms with Crippen molar-refractivity contribution < 1.29 is 4.39 Å². The van der Waals surface area contributed by atoms with Gasteiger partial charge in [0, 0.05) is 6.20 Å². The average molecular weight is 238 g/mol. The number of aromatic nitrogens is 1. The number of rotatable bonds is 2. The van der Waals surface area contributed by atoms with Crippen LogP contribution in [0.1, 0.15) is 11.1 Å². The molecule has 0 bridgehead atoms. The first-order valence-electron chi connectivity index (χ1n) is 5.06. The topological polar surface area (TPSA) is 72.5 Å². The predicted octanol–water partition coefficient (Wildman–Crippen LogP) is 2.71. The van der Waals surface area contributed by atoms with E-state index in [1.54, 1.807) is 24.3 Å². The SMILES string of the molecule is N#Cc1ccc(Nc2cccc(F)c2C#N)nc1. The van der Waals surface area contributed by atoms with E-state index in [0.29, 0.717) is 17.1 Å². The molecule has 86 valence electrons. The Bertz CT molecular complexity index is 650. The van der Waals surface area contributed by atoms with Crippen molar-refractivity contribution in [1.29, 1.82) is 10.5 Å². The summed E-state index contributed by atoms with van der Waals surface area (Å²) < 4.78 is 13.3. The number of nitrogens with zero attached hydrogens (tertiary/aromatic N) is 3. The minimum absolute atomic E-state index is 0.0661. The van der Waals surface area contributed by atoms with Crippen molar-refractivity contribution in [3.05, 3.63) is 53.5 Å². The van der Waals surface area contributed by atoms with Crippen molar-refractivity contribution in [2.45, 2.75) is 0 Å². The van der Waals surface area contributed by atoms with E-state index in [-0.39, 0.29) is 5.56 Å². The second-order valence-electron chi connectivity index (χ2n) is 3.44. The van der Waals surface area contributed by atoms with Gasteiger partial charge in [0.25, 0.3) is 0 Å². The molecule has 0 fully saturated rings. The Kier molecular flexibility index (Phi) is 3.17. The van der Waals surface area contributed by atoms with Crippen LogP contribution in [0.2, 0.25) is 0 Å². The summed E-state index contributed by atoms with van der Waals surface area (Å²) in [6.45, 7) is 0. The maximum Gasteiger partial charge on any atom is 0.143 e. The molecule has 1 heterocycles. The summed E-state index contributed by atoms with van der Waals surface area (Å²) in [6, 6.07) is 11.2. The highest BCUT2D eigenvalue weighted by Crippen LogP contribution is 2.21. The van der Waals surface area contributed by atoms with E-state index in [9.17, 15) is 4.39 Å². The smallest absolute Gasteiger partial charge is 0.143 e. The summed E-state index contributed by atoms with van der Waals surface area (Å²) in [5.74, 6) is -0.146. The number of hydrogen-bond donors (Lipinski definition) is 1. The molecule has 1 aromatic heterocycles. The molecule has 2 rings (SSSR count). The van der Waals surface area contributed by atoms with E-state index in [4.69, 9.17) is 10.5 Å². The summed E-state index contributed by atoms with van der Waals surface area (Å²) in [7, 11) is 0. The summed E-state index contributed by atoms with van der Waals surface area (Å²) in [5.41, 5.74) is 0.707. The zero-order valence-electron chi connectivity index (χ0n) is 9.18. The summed E-state index contributed by atoms with van der Waals surface area (Å²) in [5, 5.41) is 20.3. The second kappa shape index (κ2) is 4.94. The number of halogens is 1. The Morgan fingerprint density at radius 3 is 2.56 bits per heavy atom. The molecule has 18 heavy (non-hydrogen) atoms. The van der Waals surface area contributed by atoms with Crippen LogP contribution in [0, 0.1) is 28.5 Å². The van der Waals surface area contributed by atoms with Gasteiger partial charge in [-0.05, 0) is 24.3 Å². The highest BCUT2D eigenvalue weighted by molar-refractivity contribution is 5.64. The van der Waals surface area contributed by atoms with Gasteiger partial charge in [0.1, 0.15) is 29.3 Å². The fourth-order valence-corrected chi connectivity index (χ4v) is 1.41. The molecule has 0 amide bonds. The molecule has 1 N–H and O–H groups in total. The minimum Gasteiger partial charge on any atom is -0.339 e. The van der Waals surface area contributed by atoms with Crippen LogP contribution in [0.5, 0.6) is 0 Å². The minimum atomic E-state index is -0.587. The van der Waals surface area contributed by atoms with Gasteiger partial charge in [-0.25, -0.2) is 9.37 Å². The summed E-state index contributed by atoms with van der Waals surface area (Å²) >= 11 is 0. The van der Waals surface area contributed by atoms with Crippen LogP contribution in [0.3, 0.4) is 0 Å². The van der Waals surface area contributed by atoms with Crippen molar-refractivity contribution in [2.24, 2.45) is 0 Å². The number of nitriles is 2. The molecule has 4 nitrogen and oxygen atoms in total. The normalized spacial score (nSPS) is 9.28. The molecular weight excluding hydrogens is 231 g/mol. The lowest BCUT2D eigenvalue weighted by molar-refractivity contribution is 0.624. The van der Waals surface area contributed by atoms with E-state index in [1.165, 1.54) is 18.3 Å². The van der Waals surface area contributed by atoms with E-state index >= 15 is 0 Å². The third kappa shape index (κ3) is 2.26. The fourth-order valence-electron chi connectivity index (χ4n) is 1.41. The number of hydrogen-bond acceptors (Lipinski definition) is 4. The molecule has 0 saturated heterocycles. The third-order valence-corrected chi connectivity index (χ3v) is 2.28. The maximum absolute atomic E-state index is 13.3. The van der Waals surface area contributed by atoms with Gasteiger partial charge < -0.3 is 5.32 Å². The molecule has 0 aliphatic rings. The molecule has 1 aromatic carbocycles. The molecule has 0 aliphatic heterocycles. The van der Waals surface area contributed by atoms with Gasteiger partial charge in [-0.1, -0.05) is 6.07 Å². The van der Waals surface area contributed by atoms with Crippen molar-refractivity contribution in [3.63, 3.8) is 0 Å². The standard InChI is InChI=1S/C13H7FN4/c14-11-2-1-3-12(10(11)7-16)18-13-5-4-9(6-15)8-17-13/h1-5,8H,(H,17,18). The Morgan fingerprint density at radius 1 is 1.11 bits per heavy atom. The van der Waals surface area contributed by atoms with Crippen LogP contribution in [0.15, 0.2) is 36.5 Å². The van der Waals surface area contributed by atoms with Gasteiger partial charge in [-0.3, -0.25) is 0 Å². The third-order valence-electron chi connectivity index (χ3n) is 2.28. The first-order chi connectivity index (χ1) is 8.74. The van der Waals surface area contributed by atoms with Crippen LogP contribution >= 0.6 is 0 Å². The molecule has 0 radical (unpaired) electrons. The second-order valence-corrected chi connectivity index (χ2v) is 3.44. The fraction of sp³-hybridized carbons (Fsp3) is 0. The van der Waals surface area contributed by atoms with Crippen LogP contribution in [0.4, 0.5) is 15.9 Å². The van der Waals surface area contributed by atoms with E-state index < -0.39 is 5.82 Å². The molecular formula is C13H7FN4. The van der Waals surface area contributed by atoms with Gasteiger partial charge in [0.2, 0.25) is 0 Å². The zero-order chi connectivity index (χ0) is 13.0. The first-order valence-corrected chi connectivity index (χ1v) is 5.06. The van der Waals surface area contributed by atoms with Crippen molar-refractivity contribution >= 4 is 11.5 Å². The lowest BCUT2D eigenvalue weighted by Gasteiger charge is -2.07. The zero-order valence-corrected chi connectivity index (χ0v) is 9.18. The molecule has 2 aromatic rings. The Balaban J connectivity index is 2.32. The molecule has 0 saturated carbocycles. The highest BCUT2D eigenvalue weighted by Gasteiger charge is 2.07. The van der Waals surface area contributed by atoms with Crippen LogP contribution in [-0.2, 0) is 0 Å². The first kappa shape index (κ1) is 11.6. The Labute approximate surface area is 103 Å². The lowest BCUT2D eigenvalue weighted by atomic mass is 10.2. The van der Waals surface area contributed by atoms with E-state index in [0.717, 1.165) is 0 Å². The van der Waals surface area contributed by atoms with Crippen molar-refractivity contribution in [3.8, 4) is 12.1 Å². The van der Waals surface area contributed by atoms with Crippen LogP contribution < -0.4 is 5.32 Å². The average Bonchev–Trinajstić information content (AvgIpc) is 2.40. The monoisotopic (exact) mass is 238 g/mol. The Morgan fingerprint density at radius 2 is 1.94 bits per heavy atom. The number of anilines is 2. The van der Waals surface area contributed by atoms with Crippen molar-refractivity contribution in [1.82, 2.24) is 4.98 Å².